The van der Waals surface area contributed by atoms with Gasteiger partial charge in [0.25, 0.3) is 0 Å². The van der Waals surface area contributed by atoms with Crippen LogP contribution in [0.1, 0.15) is 24.0 Å². The zero-order chi connectivity index (χ0) is 16.3. The maximum absolute atomic E-state index is 5.95. The zero-order valence-corrected chi connectivity index (χ0v) is 14.0. The second-order valence-electron chi connectivity index (χ2n) is 5.52. The summed E-state index contributed by atoms with van der Waals surface area (Å²) in [5, 5.41) is 0. The summed E-state index contributed by atoms with van der Waals surface area (Å²) in [6.45, 7) is 0. The molecule has 0 saturated heterocycles. The van der Waals surface area contributed by atoms with Crippen LogP contribution < -0.4 is 0 Å². The molecule has 2 aromatic rings. The molecule has 0 heterocycles. The van der Waals surface area contributed by atoms with Crippen molar-refractivity contribution in [1.29, 1.82) is 0 Å². The van der Waals surface area contributed by atoms with Gasteiger partial charge in [0, 0.05) is 27.1 Å². The van der Waals surface area contributed by atoms with Gasteiger partial charge in [-0.1, -0.05) is 60.7 Å². The van der Waals surface area contributed by atoms with Crippen LogP contribution in [-0.2, 0) is 27.1 Å². The van der Waals surface area contributed by atoms with Gasteiger partial charge in [-0.2, -0.15) is 0 Å². The fourth-order valence-corrected chi connectivity index (χ4v) is 2.51. The third-order valence-corrected chi connectivity index (χ3v) is 3.85. The second-order valence-corrected chi connectivity index (χ2v) is 5.52. The lowest BCUT2D eigenvalue weighted by atomic mass is 10.1. The Kier molecular flexibility index (Phi) is 7.81. The molecular formula is C20H26O3. The van der Waals surface area contributed by atoms with Crippen LogP contribution in [0.25, 0.3) is 0 Å². The van der Waals surface area contributed by atoms with E-state index < -0.39 is 0 Å². The average Bonchev–Trinajstić information content (AvgIpc) is 2.63. The lowest BCUT2D eigenvalue weighted by molar-refractivity contribution is -0.232. The average molecular weight is 314 g/mol. The van der Waals surface area contributed by atoms with Gasteiger partial charge in [0.1, 0.15) is 0 Å². The number of hydrogen-bond acceptors (Lipinski definition) is 3. The van der Waals surface area contributed by atoms with Gasteiger partial charge in [0.15, 0.2) is 12.6 Å². The summed E-state index contributed by atoms with van der Waals surface area (Å²) in [6.07, 6.45) is 2.97. The lowest BCUT2D eigenvalue weighted by Crippen LogP contribution is -2.26. The summed E-state index contributed by atoms with van der Waals surface area (Å²) < 4.78 is 16.9. The molecule has 124 valence electrons. The highest BCUT2D eigenvalue weighted by atomic mass is 16.8. The number of aryl methyl sites for hydroxylation is 2. The number of ether oxygens (including phenoxy) is 3. The molecule has 0 aliphatic rings. The number of rotatable bonds is 10. The van der Waals surface area contributed by atoms with Crippen LogP contribution in [0, 0.1) is 0 Å². The van der Waals surface area contributed by atoms with Gasteiger partial charge >= 0.3 is 0 Å². The molecule has 2 atom stereocenters. The van der Waals surface area contributed by atoms with Gasteiger partial charge < -0.3 is 14.2 Å². The summed E-state index contributed by atoms with van der Waals surface area (Å²) in [6, 6.07) is 20.7. The maximum Gasteiger partial charge on any atom is 0.160 e. The molecule has 0 N–H and O–H groups in total. The first-order valence-corrected chi connectivity index (χ1v) is 8.10. The van der Waals surface area contributed by atoms with Crippen LogP contribution >= 0.6 is 0 Å². The molecule has 0 spiro atoms. The Morgan fingerprint density at radius 3 is 1.39 bits per heavy atom. The quantitative estimate of drug-likeness (QED) is 0.615. The first-order valence-electron chi connectivity index (χ1n) is 8.10. The summed E-state index contributed by atoms with van der Waals surface area (Å²) in [5.74, 6) is 0. The molecule has 0 radical (unpaired) electrons. The molecule has 0 amide bonds. The van der Waals surface area contributed by atoms with Crippen molar-refractivity contribution >= 4 is 0 Å². The van der Waals surface area contributed by atoms with E-state index in [4.69, 9.17) is 14.2 Å². The van der Waals surface area contributed by atoms with Gasteiger partial charge in [-0.05, 0) is 24.0 Å². The van der Waals surface area contributed by atoms with Gasteiger partial charge in [0.05, 0.1) is 0 Å². The predicted octanol–water partition coefficient (Wildman–Crippen LogP) is 4.21. The van der Waals surface area contributed by atoms with Crippen LogP contribution in [0.5, 0.6) is 0 Å². The zero-order valence-electron chi connectivity index (χ0n) is 14.0. The Morgan fingerprint density at radius 2 is 1.04 bits per heavy atom. The van der Waals surface area contributed by atoms with Crippen molar-refractivity contribution in [2.75, 3.05) is 14.2 Å². The van der Waals surface area contributed by atoms with Gasteiger partial charge in [0.2, 0.25) is 0 Å². The summed E-state index contributed by atoms with van der Waals surface area (Å²) in [4.78, 5) is 0. The van der Waals surface area contributed by atoms with E-state index in [0.717, 1.165) is 25.7 Å². The first-order chi connectivity index (χ1) is 11.3. The van der Waals surface area contributed by atoms with Crippen molar-refractivity contribution in [3.05, 3.63) is 71.8 Å². The van der Waals surface area contributed by atoms with Crippen molar-refractivity contribution in [2.24, 2.45) is 0 Å². The molecule has 0 saturated carbocycles. The smallest absolute Gasteiger partial charge is 0.160 e. The summed E-state index contributed by atoms with van der Waals surface area (Å²) in [7, 11) is 3.36. The van der Waals surface area contributed by atoms with Crippen LogP contribution in [0.3, 0.4) is 0 Å². The van der Waals surface area contributed by atoms with E-state index in [1.807, 2.05) is 12.1 Å². The van der Waals surface area contributed by atoms with E-state index in [1.54, 1.807) is 14.2 Å². The summed E-state index contributed by atoms with van der Waals surface area (Å²) in [5.41, 5.74) is 2.58. The van der Waals surface area contributed by atoms with E-state index in [0.29, 0.717) is 0 Å². The molecule has 0 aliphatic heterocycles. The standard InChI is InChI=1S/C20H26O3/c1-21-19(15-13-17-9-5-3-6-10-17)23-20(22-2)16-14-18-11-7-4-8-12-18/h3-12,19-20H,13-16H2,1-2H3. The van der Waals surface area contributed by atoms with E-state index in [2.05, 4.69) is 48.5 Å². The molecular weight excluding hydrogens is 288 g/mol. The van der Waals surface area contributed by atoms with Crippen molar-refractivity contribution < 1.29 is 14.2 Å². The molecule has 3 heteroatoms. The van der Waals surface area contributed by atoms with E-state index >= 15 is 0 Å². The summed E-state index contributed by atoms with van der Waals surface area (Å²) >= 11 is 0. The Bertz CT molecular complexity index is 478. The van der Waals surface area contributed by atoms with Crippen molar-refractivity contribution in [1.82, 2.24) is 0 Å². The lowest BCUT2D eigenvalue weighted by Gasteiger charge is -2.23. The minimum absolute atomic E-state index is 0.254. The van der Waals surface area contributed by atoms with Gasteiger partial charge in [-0.15, -0.1) is 0 Å². The highest BCUT2D eigenvalue weighted by molar-refractivity contribution is 5.15. The Hall–Kier alpha value is -1.68. The monoisotopic (exact) mass is 314 g/mol. The van der Waals surface area contributed by atoms with Crippen LogP contribution in [0.4, 0.5) is 0 Å². The SMILES string of the molecule is COC(CCc1ccccc1)OC(CCc1ccccc1)OC. The molecule has 0 aromatic heterocycles. The predicted molar refractivity (Wildman–Crippen MR) is 92.2 cm³/mol. The molecule has 3 nitrogen and oxygen atoms in total. The number of benzene rings is 2. The Labute approximate surface area is 139 Å². The van der Waals surface area contributed by atoms with E-state index in [-0.39, 0.29) is 12.6 Å². The highest BCUT2D eigenvalue weighted by Crippen LogP contribution is 2.14. The maximum atomic E-state index is 5.95. The van der Waals surface area contributed by atoms with Gasteiger partial charge in [-0.3, -0.25) is 0 Å². The fourth-order valence-electron chi connectivity index (χ4n) is 2.51. The van der Waals surface area contributed by atoms with Crippen LogP contribution in [0.15, 0.2) is 60.7 Å². The first kappa shape index (κ1) is 17.7. The molecule has 0 aliphatic carbocycles. The van der Waals surface area contributed by atoms with E-state index in [9.17, 15) is 0 Å². The third-order valence-electron chi connectivity index (χ3n) is 3.85. The fraction of sp³-hybridized carbons (Fsp3) is 0.400. The normalized spacial score (nSPS) is 13.7. The molecule has 2 rings (SSSR count). The van der Waals surface area contributed by atoms with Crippen LogP contribution in [-0.4, -0.2) is 26.8 Å². The van der Waals surface area contributed by atoms with Crippen molar-refractivity contribution in [2.45, 2.75) is 38.3 Å². The third kappa shape index (κ3) is 6.53. The van der Waals surface area contributed by atoms with E-state index in [1.165, 1.54) is 11.1 Å². The minimum Gasteiger partial charge on any atom is -0.356 e. The van der Waals surface area contributed by atoms with Crippen molar-refractivity contribution in [3.63, 3.8) is 0 Å². The Balaban J connectivity index is 1.78. The van der Waals surface area contributed by atoms with Gasteiger partial charge in [-0.25, -0.2) is 0 Å². The molecule has 23 heavy (non-hydrogen) atoms. The second kappa shape index (κ2) is 10.2. The molecule has 0 fully saturated rings. The number of methoxy groups -OCH3 is 2. The topological polar surface area (TPSA) is 27.7 Å². The molecule has 2 unspecified atom stereocenters. The highest BCUT2D eigenvalue weighted by Gasteiger charge is 2.16. The number of hydrogen-bond donors (Lipinski definition) is 0. The van der Waals surface area contributed by atoms with Crippen LogP contribution in [0.2, 0.25) is 0 Å². The minimum atomic E-state index is -0.254. The Morgan fingerprint density at radius 1 is 0.652 bits per heavy atom. The largest absolute Gasteiger partial charge is 0.356 e. The van der Waals surface area contributed by atoms with Crippen molar-refractivity contribution in [3.8, 4) is 0 Å². The molecule has 2 aromatic carbocycles. The molecule has 0 bridgehead atoms.